The molecule has 0 unspecified atom stereocenters. The predicted molar refractivity (Wildman–Crippen MR) is 104 cm³/mol. The zero-order valence-corrected chi connectivity index (χ0v) is 15.5. The summed E-state index contributed by atoms with van der Waals surface area (Å²) in [6, 6.07) is 17.1. The smallest absolute Gasteiger partial charge is 0.255 e. The molecule has 1 aromatic heterocycles. The van der Waals surface area contributed by atoms with Crippen LogP contribution in [-0.2, 0) is 16.6 Å². The minimum absolute atomic E-state index is 0.140. The number of hydrogen-bond acceptors (Lipinski definition) is 4. The van der Waals surface area contributed by atoms with E-state index in [1.54, 1.807) is 80.0 Å². The molecule has 0 atom stereocenters. The molecule has 2 N–H and O–H groups in total. The number of carbonyl (C=O) groups excluding carboxylic acids is 1. The third-order valence-corrected chi connectivity index (χ3v) is 5.55. The minimum Gasteiger partial charge on any atom is -0.321 e. The molecule has 0 aliphatic carbocycles. The van der Waals surface area contributed by atoms with Crippen LogP contribution in [0.5, 0.6) is 0 Å². The average Bonchev–Trinajstić information content (AvgIpc) is 2.68. The van der Waals surface area contributed by atoms with Crippen molar-refractivity contribution in [3.8, 4) is 0 Å². The van der Waals surface area contributed by atoms with Crippen LogP contribution in [0, 0.1) is 6.92 Å². The van der Waals surface area contributed by atoms with Crippen molar-refractivity contribution in [2.45, 2.75) is 18.4 Å². The van der Waals surface area contributed by atoms with E-state index in [1.807, 2.05) is 0 Å². The van der Waals surface area contributed by atoms with Gasteiger partial charge >= 0.3 is 0 Å². The molecule has 7 heteroatoms. The lowest BCUT2D eigenvalue weighted by atomic mass is 10.1. The summed E-state index contributed by atoms with van der Waals surface area (Å²) in [5.41, 5.74) is 2.53. The van der Waals surface area contributed by atoms with Crippen molar-refractivity contribution in [1.29, 1.82) is 0 Å². The molecule has 2 aromatic carbocycles. The third kappa shape index (κ3) is 4.78. The second-order valence-electron chi connectivity index (χ2n) is 5.98. The molecule has 1 amide bonds. The number of rotatable bonds is 6. The van der Waals surface area contributed by atoms with Gasteiger partial charge in [0.15, 0.2) is 0 Å². The van der Waals surface area contributed by atoms with Gasteiger partial charge in [0.1, 0.15) is 0 Å². The van der Waals surface area contributed by atoms with E-state index >= 15 is 0 Å². The topological polar surface area (TPSA) is 88.2 Å². The third-order valence-electron chi connectivity index (χ3n) is 3.98. The molecule has 138 valence electrons. The van der Waals surface area contributed by atoms with E-state index in [0.29, 0.717) is 16.8 Å². The van der Waals surface area contributed by atoms with E-state index in [9.17, 15) is 13.2 Å². The predicted octanol–water partition coefficient (Wildman–Crippen LogP) is 3.12. The minimum atomic E-state index is -3.59. The van der Waals surface area contributed by atoms with Gasteiger partial charge in [-0.05, 0) is 48.4 Å². The monoisotopic (exact) mass is 381 g/mol. The Bertz CT molecular complexity index is 1030. The first-order valence-corrected chi connectivity index (χ1v) is 9.80. The normalized spacial score (nSPS) is 11.1. The zero-order valence-electron chi connectivity index (χ0n) is 14.7. The highest BCUT2D eigenvalue weighted by molar-refractivity contribution is 7.89. The van der Waals surface area contributed by atoms with Crippen LogP contribution < -0.4 is 10.0 Å². The molecular formula is C20H19N3O3S. The Morgan fingerprint density at radius 2 is 1.74 bits per heavy atom. The number of pyridine rings is 1. The van der Waals surface area contributed by atoms with Gasteiger partial charge in [-0.3, -0.25) is 9.78 Å². The second kappa shape index (κ2) is 8.11. The SMILES string of the molecule is Cc1ccccc1S(=O)(=O)NCc1ccc(C(=O)Nc2cccnc2)cc1. The fraction of sp³-hybridized carbons (Fsp3) is 0.100. The van der Waals surface area contributed by atoms with Crippen LogP contribution in [-0.4, -0.2) is 19.3 Å². The zero-order chi connectivity index (χ0) is 19.3. The summed E-state index contributed by atoms with van der Waals surface area (Å²) in [6.07, 6.45) is 3.19. The number of aromatic nitrogens is 1. The van der Waals surface area contributed by atoms with Gasteiger partial charge in [0.2, 0.25) is 10.0 Å². The van der Waals surface area contributed by atoms with Gasteiger partial charge < -0.3 is 5.32 Å². The molecule has 1 heterocycles. The molecule has 3 rings (SSSR count). The maximum Gasteiger partial charge on any atom is 0.255 e. The van der Waals surface area contributed by atoms with Crippen LogP contribution in [0.4, 0.5) is 5.69 Å². The fourth-order valence-corrected chi connectivity index (χ4v) is 3.79. The van der Waals surface area contributed by atoms with E-state index in [2.05, 4.69) is 15.0 Å². The number of hydrogen-bond donors (Lipinski definition) is 2. The lowest BCUT2D eigenvalue weighted by Crippen LogP contribution is -2.24. The van der Waals surface area contributed by atoms with Crippen LogP contribution in [0.15, 0.2) is 78.0 Å². The van der Waals surface area contributed by atoms with Crippen LogP contribution in [0.1, 0.15) is 21.5 Å². The first-order chi connectivity index (χ1) is 13.0. The van der Waals surface area contributed by atoms with Crippen molar-refractivity contribution < 1.29 is 13.2 Å². The summed E-state index contributed by atoms with van der Waals surface area (Å²) >= 11 is 0. The van der Waals surface area contributed by atoms with E-state index in [-0.39, 0.29) is 17.3 Å². The largest absolute Gasteiger partial charge is 0.321 e. The number of sulfonamides is 1. The molecule has 0 saturated heterocycles. The van der Waals surface area contributed by atoms with E-state index < -0.39 is 10.0 Å². The van der Waals surface area contributed by atoms with Crippen molar-refractivity contribution in [2.24, 2.45) is 0 Å². The molecular weight excluding hydrogens is 362 g/mol. The van der Waals surface area contributed by atoms with Crippen molar-refractivity contribution in [3.05, 3.63) is 89.7 Å². The molecule has 0 spiro atoms. The molecule has 3 aromatic rings. The fourth-order valence-electron chi connectivity index (χ4n) is 2.53. The number of amides is 1. The molecule has 0 saturated carbocycles. The number of carbonyl (C=O) groups is 1. The number of benzene rings is 2. The van der Waals surface area contributed by atoms with Gasteiger partial charge in [-0.15, -0.1) is 0 Å². The number of anilines is 1. The van der Waals surface area contributed by atoms with E-state index in [0.717, 1.165) is 5.56 Å². The van der Waals surface area contributed by atoms with Crippen LogP contribution >= 0.6 is 0 Å². The molecule has 0 fully saturated rings. The highest BCUT2D eigenvalue weighted by atomic mass is 32.2. The Balaban J connectivity index is 1.64. The molecule has 6 nitrogen and oxygen atoms in total. The Morgan fingerprint density at radius 1 is 1.00 bits per heavy atom. The lowest BCUT2D eigenvalue weighted by molar-refractivity contribution is 0.102. The second-order valence-corrected chi connectivity index (χ2v) is 7.72. The first-order valence-electron chi connectivity index (χ1n) is 8.31. The van der Waals surface area contributed by atoms with Gasteiger partial charge in [0, 0.05) is 18.3 Å². The molecule has 0 aliphatic rings. The summed E-state index contributed by atoms with van der Waals surface area (Å²) in [4.78, 5) is 16.4. The average molecular weight is 381 g/mol. The van der Waals surface area contributed by atoms with Crippen molar-refractivity contribution >= 4 is 21.6 Å². The number of nitrogens with zero attached hydrogens (tertiary/aromatic N) is 1. The van der Waals surface area contributed by atoms with Crippen molar-refractivity contribution in [2.75, 3.05) is 5.32 Å². The summed E-state index contributed by atoms with van der Waals surface area (Å²) < 4.78 is 27.4. The van der Waals surface area contributed by atoms with Gasteiger partial charge in [-0.25, -0.2) is 13.1 Å². The number of nitrogens with one attached hydrogen (secondary N) is 2. The molecule has 0 aliphatic heterocycles. The van der Waals surface area contributed by atoms with Gasteiger partial charge in [0.25, 0.3) is 5.91 Å². The van der Waals surface area contributed by atoms with E-state index in [1.165, 1.54) is 0 Å². The van der Waals surface area contributed by atoms with Gasteiger partial charge in [0.05, 0.1) is 16.8 Å². The Labute approximate surface area is 158 Å². The molecule has 0 radical (unpaired) electrons. The summed E-state index contributed by atoms with van der Waals surface area (Å²) in [7, 11) is -3.59. The van der Waals surface area contributed by atoms with Crippen LogP contribution in [0.3, 0.4) is 0 Å². The highest BCUT2D eigenvalue weighted by Gasteiger charge is 2.15. The lowest BCUT2D eigenvalue weighted by Gasteiger charge is -2.10. The van der Waals surface area contributed by atoms with Crippen molar-refractivity contribution in [3.63, 3.8) is 0 Å². The standard InChI is InChI=1S/C20H19N3O3S/c1-15-5-2-3-7-19(15)27(25,26)22-13-16-8-10-17(11-9-16)20(24)23-18-6-4-12-21-14-18/h2-12,14,22H,13H2,1H3,(H,23,24). The first kappa shape index (κ1) is 18.8. The molecule has 0 bridgehead atoms. The van der Waals surface area contributed by atoms with Crippen LogP contribution in [0.25, 0.3) is 0 Å². The molecule has 27 heavy (non-hydrogen) atoms. The summed E-state index contributed by atoms with van der Waals surface area (Å²) in [5.74, 6) is -0.255. The quantitative estimate of drug-likeness (QED) is 0.687. The summed E-state index contributed by atoms with van der Waals surface area (Å²) in [6.45, 7) is 1.89. The van der Waals surface area contributed by atoms with Gasteiger partial charge in [-0.2, -0.15) is 0 Å². The Hall–Kier alpha value is -3.03. The van der Waals surface area contributed by atoms with E-state index in [4.69, 9.17) is 0 Å². The van der Waals surface area contributed by atoms with Crippen molar-refractivity contribution in [1.82, 2.24) is 9.71 Å². The highest BCUT2D eigenvalue weighted by Crippen LogP contribution is 2.15. The Morgan fingerprint density at radius 3 is 2.41 bits per heavy atom. The van der Waals surface area contributed by atoms with Crippen LogP contribution in [0.2, 0.25) is 0 Å². The maximum absolute atomic E-state index is 12.4. The maximum atomic E-state index is 12.4. The van der Waals surface area contributed by atoms with Gasteiger partial charge in [-0.1, -0.05) is 30.3 Å². The number of aryl methyl sites for hydroxylation is 1. The Kier molecular flexibility index (Phi) is 5.63. The summed E-state index contributed by atoms with van der Waals surface area (Å²) in [5, 5.41) is 2.75.